The summed E-state index contributed by atoms with van der Waals surface area (Å²) in [5, 5.41) is 6.93. The third kappa shape index (κ3) is 4.81. The maximum Gasteiger partial charge on any atom is 0.191 e. The first-order chi connectivity index (χ1) is 12.2. The quantitative estimate of drug-likeness (QED) is 0.635. The number of likely N-dealkylation sites (tertiary alicyclic amines) is 1. The minimum atomic E-state index is -0.257. The van der Waals surface area contributed by atoms with E-state index in [4.69, 9.17) is 0 Å². The Morgan fingerprint density at radius 3 is 3.00 bits per heavy atom. The van der Waals surface area contributed by atoms with Gasteiger partial charge in [0.25, 0.3) is 0 Å². The van der Waals surface area contributed by atoms with Crippen LogP contribution in [-0.2, 0) is 0 Å². The fraction of sp³-hybridized carbons (Fsp3) is 0.667. The van der Waals surface area contributed by atoms with Gasteiger partial charge in [-0.1, -0.05) is 0 Å². The summed E-state index contributed by atoms with van der Waals surface area (Å²) in [6, 6.07) is 3.34. The third-order valence-electron chi connectivity index (χ3n) is 5.07. The highest BCUT2D eigenvalue weighted by Gasteiger charge is 2.26. The van der Waals surface area contributed by atoms with E-state index in [9.17, 15) is 4.39 Å². The van der Waals surface area contributed by atoms with Gasteiger partial charge >= 0.3 is 0 Å². The molecule has 2 aliphatic heterocycles. The molecule has 0 spiro atoms. The number of piperidine rings is 1. The minimum Gasteiger partial charge on any atom is -0.356 e. The van der Waals surface area contributed by atoms with Gasteiger partial charge in [-0.2, -0.15) is 0 Å². The molecule has 2 N–H and O–H groups in total. The number of hydrogen-bond donors (Lipinski definition) is 2. The van der Waals surface area contributed by atoms with Crippen molar-refractivity contribution in [2.75, 3.05) is 51.7 Å². The predicted octanol–water partition coefficient (Wildman–Crippen LogP) is 1.31. The zero-order valence-electron chi connectivity index (χ0n) is 15.2. The molecule has 0 radical (unpaired) electrons. The first kappa shape index (κ1) is 17.9. The average molecular weight is 348 g/mol. The summed E-state index contributed by atoms with van der Waals surface area (Å²) in [4.78, 5) is 12.9. The van der Waals surface area contributed by atoms with E-state index in [-0.39, 0.29) is 11.9 Å². The molecule has 7 heteroatoms. The van der Waals surface area contributed by atoms with Crippen LogP contribution in [-0.4, -0.2) is 68.7 Å². The lowest BCUT2D eigenvalue weighted by Crippen LogP contribution is -2.47. The van der Waals surface area contributed by atoms with Crippen LogP contribution in [0, 0.1) is 11.7 Å². The van der Waals surface area contributed by atoms with Crippen molar-refractivity contribution in [1.82, 2.24) is 20.5 Å². The molecule has 0 amide bonds. The highest BCUT2D eigenvalue weighted by molar-refractivity contribution is 5.80. The molecule has 1 aromatic rings. The van der Waals surface area contributed by atoms with Gasteiger partial charge in [0.1, 0.15) is 0 Å². The fourth-order valence-electron chi connectivity index (χ4n) is 3.75. The maximum atomic E-state index is 13.9. The predicted molar refractivity (Wildman–Crippen MR) is 99.5 cm³/mol. The number of nitrogens with zero attached hydrogens (tertiary/aromatic N) is 4. The molecule has 0 aromatic carbocycles. The number of rotatable bonds is 4. The van der Waals surface area contributed by atoms with Gasteiger partial charge in [0.05, 0.1) is 0 Å². The van der Waals surface area contributed by atoms with Crippen molar-refractivity contribution >= 4 is 11.8 Å². The van der Waals surface area contributed by atoms with Crippen molar-refractivity contribution < 1.29 is 4.39 Å². The second kappa shape index (κ2) is 8.47. The van der Waals surface area contributed by atoms with Gasteiger partial charge in [-0.3, -0.25) is 4.99 Å². The van der Waals surface area contributed by atoms with Gasteiger partial charge in [0.2, 0.25) is 0 Å². The van der Waals surface area contributed by atoms with Crippen LogP contribution in [0.5, 0.6) is 0 Å². The van der Waals surface area contributed by atoms with Crippen LogP contribution in [0.1, 0.15) is 19.3 Å². The van der Waals surface area contributed by atoms with E-state index < -0.39 is 0 Å². The largest absolute Gasteiger partial charge is 0.356 e. The van der Waals surface area contributed by atoms with Crippen LogP contribution in [0.4, 0.5) is 10.2 Å². The minimum absolute atomic E-state index is 0.252. The molecular formula is C18H29FN6. The Morgan fingerprint density at radius 1 is 1.36 bits per heavy atom. The topological polar surface area (TPSA) is 55.8 Å². The Kier molecular flexibility index (Phi) is 6.07. The van der Waals surface area contributed by atoms with E-state index in [2.05, 4.69) is 32.6 Å². The second-order valence-corrected chi connectivity index (χ2v) is 7.11. The number of halogens is 1. The van der Waals surface area contributed by atoms with E-state index in [0.29, 0.717) is 11.7 Å². The number of pyridine rings is 1. The molecule has 2 unspecified atom stereocenters. The van der Waals surface area contributed by atoms with Gasteiger partial charge in [-0.25, -0.2) is 9.37 Å². The molecule has 3 heterocycles. The van der Waals surface area contributed by atoms with Gasteiger partial charge in [0.15, 0.2) is 17.6 Å². The zero-order chi connectivity index (χ0) is 17.6. The molecule has 0 saturated carbocycles. The molecule has 2 atom stereocenters. The molecule has 0 bridgehead atoms. The van der Waals surface area contributed by atoms with Crippen molar-refractivity contribution in [3.8, 4) is 0 Å². The molecule has 2 aliphatic rings. The van der Waals surface area contributed by atoms with E-state index in [1.165, 1.54) is 25.5 Å². The average Bonchev–Trinajstić information content (AvgIpc) is 3.07. The van der Waals surface area contributed by atoms with Crippen LogP contribution in [0.25, 0.3) is 0 Å². The van der Waals surface area contributed by atoms with Crippen molar-refractivity contribution in [3.05, 3.63) is 24.1 Å². The molecule has 1 aromatic heterocycles. The summed E-state index contributed by atoms with van der Waals surface area (Å²) in [7, 11) is 3.98. The summed E-state index contributed by atoms with van der Waals surface area (Å²) >= 11 is 0. The SMILES string of the molecule is CN=C(NCC1CCCN(C)C1)NC1CCN(c2ncccc2F)C1. The van der Waals surface area contributed by atoms with Crippen LogP contribution in [0.3, 0.4) is 0 Å². The molecule has 25 heavy (non-hydrogen) atoms. The second-order valence-electron chi connectivity index (χ2n) is 7.11. The Bertz CT molecular complexity index is 593. The van der Waals surface area contributed by atoms with Crippen LogP contribution in [0.15, 0.2) is 23.3 Å². The Hall–Kier alpha value is -1.89. The number of guanidine groups is 1. The van der Waals surface area contributed by atoms with Crippen molar-refractivity contribution in [1.29, 1.82) is 0 Å². The monoisotopic (exact) mass is 348 g/mol. The van der Waals surface area contributed by atoms with Crippen molar-refractivity contribution in [2.24, 2.45) is 10.9 Å². The summed E-state index contributed by atoms with van der Waals surface area (Å²) < 4.78 is 13.9. The highest BCUT2D eigenvalue weighted by Crippen LogP contribution is 2.20. The molecule has 6 nitrogen and oxygen atoms in total. The van der Waals surface area contributed by atoms with E-state index in [0.717, 1.165) is 38.6 Å². The van der Waals surface area contributed by atoms with E-state index in [1.807, 2.05) is 4.90 Å². The standard InChI is InChI=1S/C18H29FN6/c1-20-18(22-11-14-5-4-9-24(2)12-14)23-15-7-10-25(13-15)17-16(19)6-3-8-21-17/h3,6,8,14-15H,4-5,7,9-13H2,1-2H3,(H2,20,22,23). The zero-order valence-corrected chi connectivity index (χ0v) is 15.2. The summed E-state index contributed by atoms with van der Waals surface area (Å²) in [5.74, 6) is 1.69. The number of aromatic nitrogens is 1. The van der Waals surface area contributed by atoms with Gasteiger partial charge in [-0.05, 0) is 50.9 Å². The van der Waals surface area contributed by atoms with Crippen molar-refractivity contribution in [3.63, 3.8) is 0 Å². The van der Waals surface area contributed by atoms with Crippen LogP contribution >= 0.6 is 0 Å². The molecule has 138 valence electrons. The van der Waals surface area contributed by atoms with Gasteiger partial charge in [0, 0.05) is 45.5 Å². The lowest BCUT2D eigenvalue weighted by molar-refractivity contribution is 0.210. The molecule has 2 fully saturated rings. The van der Waals surface area contributed by atoms with Crippen molar-refractivity contribution in [2.45, 2.75) is 25.3 Å². The Balaban J connectivity index is 1.47. The smallest absolute Gasteiger partial charge is 0.191 e. The maximum absolute atomic E-state index is 13.9. The third-order valence-corrected chi connectivity index (χ3v) is 5.07. The number of nitrogens with one attached hydrogen (secondary N) is 2. The normalized spacial score (nSPS) is 25.2. The fourth-order valence-corrected chi connectivity index (χ4v) is 3.75. The Morgan fingerprint density at radius 2 is 2.24 bits per heavy atom. The Labute approximate surface area is 149 Å². The van der Waals surface area contributed by atoms with Gasteiger partial charge < -0.3 is 20.4 Å². The van der Waals surface area contributed by atoms with Crippen LogP contribution < -0.4 is 15.5 Å². The molecular weight excluding hydrogens is 319 g/mol. The summed E-state index contributed by atoms with van der Waals surface area (Å²) in [6.45, 7) is 4.82. The highest BCUT2D eigenvalue weighted by atomic mass is 19.1. The van der Waals surface area contributed by atoms with E-state index in [1.54, 1.807) is 19.3 Å². The summed E-state index contributed by atoms with van der Waals surface area (Å²) in [6.07, 6.45) is 5.12. The van der Waals surface area contributed by atoms with Gasteiger partial charge in [-0.15, -0.1) is 0 Å². The number of anilines is 1. The number of hydrogen-bond acceptors (Lipinski definition) is 4. The first-order valence-electron chi connectivity index (χ1n) is 9.17. The molecule has 3 rings (SSSR count). The first-order valence-corrected chi connectivity index (χ1v) is 9.17. The lowest BCUT2D eigenvalue weighted by atomic mass is 9.99. The molecule has 0 aliphatic carbocycles. The lowest BCUT2D eigenvalue weighted by Gasteiger charge is -2.30. The van der Waals surface area contributed by atoms with E-state index >= 15 is 0 Å². The summed E-state index contributed by atoms with van der Waals surface area (Å²) in [5.41, 5.74) is 0. The molecule has 2 saturated heterocycles. The number of aliphatic imine (C=N–C) groups is 1. The van der Waals surface area contributed by atoms with Crippen LogP contribution in [0.2, 0.25) is 0 Å².